The van der Waals surface area contributed by atoms with Gasteiger partial charge in [0.25, 0.3) is 10.1 Å². The maximum absolute atomic E-state index is 10.8. The van der Waals surface area contributed by atoms with Crippen molar-refractivity contribution in [2.45, 2.75) is 6.42 Å². The Balaban J connectivity index is 2.75. The molecule has 0 atom stereocenters. The van der Waals surface area contributed by atoms with E-state index in [2.05, 4.69) is 47.8 Å². The molecule has 16 heavy (non-hydrogen) atoms. The van der Waals surface area contributed by atoms with Crippen molar-refractivity contribution in [1.29, 1.82) is 0 Å². The minimum absolute atomic E-state index is 0.137. The second-order valence-corrected chi connectivity index (χ2v) is 7.39. The maximum Gasteiger partial charge on any atom is 0.264 e. The van der Waals surface area contributed by atoms with E-state index in [-0.39, 0.29) is 6.61 Å². The van der Waals surface area contributed by atoms with E-state index in [1.54, 1.807) is 0 Å². The van der Waals surface area contributed by atoms with Gasteiger partial charge in [0.15, 0.2) is 0 Å². The van der Waals surface area contributed by atoms with Crippen molar-refractivity contribution in [2.24, 2.45) is 0 Å². The fraction of sp³-hybridized carbons (Fsp3) is 0.333. The van der Waals surface area contributed by atoms with E-state index in [1.165, 1.54) is 0 Å². The molecule has 0 aliphatic heterocycles. The summed E-state index contributed by atoms with van der Waals surface area (Å²) in [6, 6.07) is 3.81. The summed E-state index contributed by atoms with van der Waals surface area (Å²) in [5, 5.41) is 0. The standard InChI is InChI=1S/C9H9Br3O3S/c1-16(13,14)15-3-2-7-8(11)4-6(10)5-9(7)12/h4-5H,2-3H2,1H3. The lowest BCUT2D eigenvalue weighted by Gasteiger charge is -2.08. The van der Waals surface area contributed by atoms with Gasteiger partial charge in [0.2, 0.25) is 0 Å². The van der Waals surface area contributed by atoms with Crippen molar-refractivity contribution in [1.82, 2.24) is 0 Å². The van der Waals surface area contributed by atoms with Crippen molar-refractivity contribution in [3.8, 4) is 0 Å². The SMILES string of the molecule is CS(=O)(=O)OCCc1c(Br)cc(Br)cc1Br. The minimum atomic E-state index is -3.37. The van der Waals surface area contributed by atoms with Crippen molar-refractivity contribution in [2.75, 3.05) is 12.9 Å². The van der Waals surface area contributed by atoms with Crippen LogP contribution in [0.15, 0.2) is 25.6 Å². The van der Waals surface area contributed by atoms with Crippen molar-refractivity contribution >= 4 is 57.9 Å². The molecule has 0 aromatic heterocycles. The predicted octanol–water partition coefficient (Wildman–Crippen LogP) is 3.49. The molecule has 0 N–H and O–H groups in total. The molecular formula is C9H9Br3O3S. The van der Waals surface area contributed by atoms with Gasteiger partial charge in [-0.1, -0.05) is 47.8 Å². The highest BCUT2D eigenvalue weighted by atomic mass is 79.9. The molecular weight excluding hydrogens is 428 g/mol. The molecule has 0 heterocycles. The Labute approximate surface area is 120 Å². The molecule has 0 saturated heterocycles. The summed E-state index contributed by atoms with van der Waals surface area (Å²) in [5.74, 6) is 0. The molecule has 1 aromatic rings. The van der Waals surface area contributed by atoms with Gasteiger partial charge < -0.3 is 0 Å². The molecule has 7 heteroatoms. The predicted molar refractivity (Wildman–Crippen MR) is 74.0 cm³/mol. The zero-order chi connectivity index (χ0) is 12.3. The van der Waals surface area contributed by atoms with Gasteiger partial charge in [-0.05, 0) is 24.1 Å². The maximum atomic E-state index is 10.8. The molecule has 0 fully saturated rings. The largest absolute Gasteiger partial charge is 0.270 e. The number of halogens is 3. The summed E-state index contributed by atoms with van der Waals surface area (Å²) < 4.78 is 29.0. The van der Waals surface area contributed by atoms with Crippen LogP contribution < -0.4 is 0 Å². The molecule has 3 nitrogen and oxygen atoms in total. The zero-order valence-electron chi connectivity index (χ0n) is 8.34. The summed E-state index contributed by atoms with van der Waals surface area (Å²) in [7, 11) is -3.37. The van der Waals surface area contributed by atoms with Gasteiger partial charge >= 0.3 is 0 Å². The molecule has 0 unspecified atom stereocenters. The van der Waals surface area contributed by atoms with Gasteiger partial charge in [-0.25, -0.2) is 0 Å². The minimum Gasteiger partial charge on any atom is -0.270 e. The lowest BCUT2D eigenvalue weighted by molar-refractivity contribution is 0.325. The first-order valence-corrected chi connectivity index (χ1v) is 8.47. The zero-order valence-corrected chi connectivity index (χ0v) is 13.9. The molecule has 0 spiro atoms. The van der Waals surface area contributed by atoms with Crippen molar-refractivity contribution < 1.29 is 12.6 Å². The molecule has 0 radical (unpaired) electrons. The Bertz CT molecular complexity index is 462. The molecule has 90 valence electrons. The van der Waals surface area contributed by atoms with Crippen LogP contribution >= 0.6 is 47.8 Å². The average molecular weight is 437 g/mol. The Morgan fingerprint density at radius 1 is 1.19 bits per heavy atom. The number of rotatable bonds is 4. The van der Waals surface area contributed by atoms with Crippen LogP contribution in [0.25, 0.3) is 0 Å². The van der Waals surface area contributed by atoms with Crippen LogP contribution in [0, 0.1) is 0 Å². The molecule has 0 aliphatic carbocycles. The fourth-order valence-corrected chi connectivity index (χ4v) is 4.15. The molecule has 1 aromatic carbocycles. The van der Waals surface area contributed by atoms with Crippen LogP contribution in [-0.4, -0.2) is 21.3 Å². The van der Waals surface area contributed by atoms with E-state index in [0.717, 1.165) is 25.2 Å². The Morgan fingerprint density at radius 2 is 1.69 bits per heavy atom. The number of hydrogen-bond acceptors (Lipinski definition) is 3. The van der Waals surface area contributed by atoms with E-state index in [1.807, 2.05) is 12.1 Å². The van der Waals surface area contributed by atoms with Crippen LogP contribution in [0.5, 0.6) is 0 Å². The quantitative estimate of drug-likeness (QED) is 0.678. The first kappa shape index (κ1) is 14.6. The van der Waals surface area contributed by atoms with Crippen LogP contribution in [-0.2, 0) is 20.7 Å². The first-order chi connectivity index (χ1) is 7.29. The fourth-order valence-electron chi connectivity index (χ4n) is 1.11. The number of benzene rings is 1. The lowest BCUT2D eigenvalue weighted by Crippen LogP contribution is -2.06. The third-order valence-corrected chi connectivity index (χ3v) is 4.22. The van der Waals surface area contributed by atoms with Crippen LogP contribution in [0.3, 0.4) is 0 Å². The van der Waals surface area contributed by atoms with Gasteiger partial charge in [-0.3, -0.25) is 4.18 Å². The van der Waals surface area contributed by atoms with Gasteiger partial charge in [0, 0.05) is 13.4 Å². The molecule has 0 saturated carbocycles. The Morgan fingerprint density at radius 3 is 2.12 bits per heavy atom. The lowest BCUT2D eigenvalue weighted by atomic mass is 10.2. The van der Waals surface area contributed by atoms with Crippen LogP contribution in [0.1, 0.15) is 5.56 Å². The summed E-state index contributed by atoms with van der Waals surface area (Å²) in [5.41, 5.74) is 0.979. The van der Waals surface area contributed by atoms with Gasteiger partial charge in [-0.2, -0.15) is 8.42 Å². The van der Waals surface area contributed by atoms with Gasteiger partial charge in [-0.15, -0.1) is 0 Å². The van der Waals surface area contributed by atoms with E-state index in [4.69, 9.17) is 4.18 Å². The molecule has 0 aliphatic rings. The smallest absolute Gasteiger partial charge is 0.264 e. The van der Waals surface area contributed by atoms with E-state index in [0.29, 0.717) is 6.42 Å². The Kier molecular flexibility index (Phi) is 5.44. The first-order valence-electron chi connectivity index (χ1n) is 4.27. The second kappa shape index (κ2) is 5.95. The third-order valence-electron chi connectivity index (χ3n) is 1.76. The highest BCUT2D eigenvalue weighted by Gasteiger charge is 2.08. The van der Waals surface area contributed by atoms with E-state index in [9.17, 15) is 8.42 Å². The third kappa shape index (κ3) is 4.83. The molecule has 0 bridgehead atoms. The van der Waals surface area contributed by atoms with Gasteiger partial charge in [0.05, 0.1) is 12.9 Å². The summed E-state index contributed by atoms with van der Waals surface area (Å²) >= 11 is 10.2. The van der Waals surface area contributed by atoms with Gasteiger partial charge in [0.1, 0.15) is 0 Å². The van der Waals surface area contributed by atoms with Crippen LogP contribution in [0.2, 0.25) is 0 Å². The average Bonchev–Trinajstić information content (AvgIpc) is 2.07. The Hall–Kier alpha value is 0.570. The number of hydrogen-bond donors (Lipinski definition) is 0. The van der Waals surface area contributed by atoms with Crippen molar-refractivity contribution in [3.63, 3.8) is 0 Å². The normalized spacial score (nSPS) is 11.8. The van der Waals surface area contributed by atoms with Crippen molar-refractivity contribution in [3.05, 3.63) is 31.1 Å². The topological polar surface area (TPSA) is 43.4 Å². The second-order valence-electron chi connectivity index (χ2n) is 3.12. The summed E-state index contributed by atoms with van der Waals surface area (Å²) in [6.45, 7) is 0.137. The highest BCUT2D eigenvalue weighted by molar-refractivity contribution is 9.11. The monoisotopic (exact) mass is 434 g/mol. The van der Waals surface area contributed by atoms with E-state index < -0.39 is 10.1 Å². The molecule has 1 rings (SSSR count). The highest BCUT2D eigenvalue weighted by Crippen LogP contribution is 2.30. The van der Waals surface area contributed by atoms with E-state index >= 15 is 0 Å². The summed E-state index contributed by atoms with van der Waals surface area (Å²) in [4.78, 5) is 0. The summed E-state index contributed by atoms with van der Waals surface area (Å²) in [6.07, 6.45) is 1.56. The molecule has 0 amide bonds. The van der Waals surface area contributed by atoms with Crippen LogP contribution in [0.4, 0.5) is 0 Å².